The number of aromatic hydroxyl groups is 1. The zero-order valence-corrected chi connectivity index (χ0v) is 17.0. The van der Waals surface area contributed by atoms with Crippen LogP contribution in [0.5, 0.6) is 5.75 Å². The van der Waals surface area contributed by atoms with Crippen LogP contribution in [0.2, 0.25) is 0 Å². The molecule has 2 aromatic rings. The van der Waals surface area contributed by atoms with Crippen molar-refractivity contribution in [3.8, 4) is 5.75 Å². The maximum atomic E-state index is 12.7. The van der Waals surface area contributed by atoms with Crippen molar-refractivity contribution in [1.29, 1.82) is 0 Å². The lowest BCUT2D eigenvalue weighted by molar-refractivity contribution is -0.127. The lowest BCUT2D eigenvalue weighted by Crippen LogP contribution is -2.48. The second kappa shape index (κ2) is 9.74. The van der Waals surface area contributed by atoms with Gasteiger partial charge in [0.2, 0.25) is 5.91 Å². The average Bonchev–Trinajstić information content (AvgIpc) is 2.73. The topological polar surface area (TPSA) is 52.6 Å². The first-order chi connectivity index (χ1) is 13.5. The molecule has 2 aromatic carbocycles. The van der Waals surface area contributed by atoms with Crippen LogP contribution in [0.15, 0.2) is 54.6 Å². The van der Waals surface area contributed by atoms with Crippen molar-refractivity contribution in [3.05, 3.63) is 65.7 Å². The largest absolute Gasteiger partial charge is 0.508 e. The summed E-state index contributed by atoms with van der Waals surface area (Å²) < 4.78 is 0. The number of nitrogens with one attached hydrogen (secondary N) is 1. The van der Waals surface area contributed by atoms with E-state index in [2.05, 4.69) is 22.3 Å². The predicted octanol–water partition coefficient (Wildman–Crippen LogP) is 4.30. The zero-order valence-electron chi connectivity index (χ0n) is 17.0. The molecule has 150 valence electrons. The lowest BCUT2D eigenvalue weighted by atomic mass is 9.90. The van der Waals surface area contributed by atoms with Crippen LogP contribution in [-0.2, 0) is 11.2 Å². The quantitative estimate of drug-likeness (QED) is 0.753. The molecule has 3 rings (SSSR count). The molecule has 0 radical (unpaired) electrons. The van der Waals surface area contributed by atoms with E-state index in [1.165, 1.54) is 12.0 Å². The number of piperidine rings is 1. The van der Waals surface area contributed by atoms with Gasteiger partial charge >= 0.3 is 0 Å². The Hall–Kier alpha value is -2.33. The fraction of sp³-hybridized carbons (Fsp3) is 0.458. The van der Waals surface area contributed by atoms with Gasteiger partial charge in [-0.05, 0) is 81.8 Å². The van der Waals surface area contributed by atoms with Crippen LogP contribution in [0, 0.1) is 5.92 Å². The van der Waals surface area contributed by atoms with Gasteiger partial charge < -0.3 is 10.4 Å². The smallest absolute Gasteiger partial charge is 0.237 e. The number of carbonyl (C=O) groups excluding carboxylic acids is 1. The molecule has 4 nitrogen and oxygen atoms in total. The SMILES string of the molecule is C[C@@H](NC(=O)[C@H](C)N1CCC(CCc2ccc(O)cc2)CC1)c1ccccc1. The Balaban J connectivity index is 1.42. The molecule has 4 heteroatoms. The van der Waals surface area contributed by atoms with Gasteiger partial charge in [-0.3, -0.25) is 9.69 Å². The molecule has 28 heavy (non-hydrogen) atoms. The molecule has 0 aromatic heterocycles. The molecule has 2 atom stereocenters. The van der Waals surface area contributed by atoms with Crippen molar-refractivity contribution < 1.29 is 9.90 Å². The Labute approximate surface area is 168 Å². The third kappa shape index (κ3) is 5.59. The second-order valence-electron chi connectivity index (χ2n) is 8.00. The first-order valence-electron chi connectivity index (χ1n) is 10.4. The van der Waals surface area contributed by atoms with Crippen LogP contribution in [0.25, 0.3) is 0 Å². The highest BCUT2D eigenvalue weighted by molar-refractivity contribution is 5.81. The van der Waals surface area contributed by atoms with Crippen LogP contribution in [-0.4, -0.2) is 35.0 Å². The molecule has 1 heterocycles. The molecule has 1 aliphatic heterocycles. The number of aryl methyl sites for hydroxylation is 1. The van der Waals surface area contributed by atoms with Gasteiger partial charge in [0.25, 0.3) is 0 Å². The maximum Gasteiger partial charge on any atom is 0.237 e. The molecular formula is C24H32N2O2. The maximum absolute atomic E-state index is 12.7. The summed E-state index contributed by atoms with van der Waals surface area (Å²) in [5.41, 5.74) is 2.42. The summed E-state index contributed by atoms with van der Waals surface area (Å²) in [6.45, 7) is 6.02. The summed E-state index contributed by atoms with van der Waals surface area (Å²) in [4.78, 5) is 15.0. The van der Waals surface area contributed by atoms with Crippen molar-refractivity contribution in [2.24, 2.45) is 5.92 Å². The van der Waals surface area contributed by atoms with E-state index in [0.29, 0.717) is 11.7 Å². The summed E-state index contributed by atoms with van der Waals surface area (Å²) in [5.74, 6) is 1.15. The van der Waals surface area contributed by atoms with Crippen LogP contribution < -0.4 is 5.32 Å². The second-order valence-corrected chi connectivity index (χ2v) is 8.00. The van der Waals surface area contributed by atoms with E-state index in [1.807, 2.05) is 44.2 Å². The molecule has 2 N–H and O–H groups in total. The molecule has 1 aliphatic rings. The predicted molar refractivity (Wildman–Crippen MR) is 113 cm³/mol. The minimum absolute atomic E-state index is 0.0269. The Morgan fingerprint density at radius 3 is 2.36 bits per heavy atom. The Morgan fingerprint density at radius 2 is 1.71 bits per heavy atom. The number of carbonyl (C=O) groups is 1. The van der Waals surface area contributed by atoms with Gasteiger partial charge in [0.05, 0.1) is 12.1 Å². The number of rotatable bonds is 7. The molecule has 1 amide bonds. The molecular weight excluding hydrogens is 348 g/mol. The van der Waals surface area contributed by atoms with Crippen molar-refractivity contribution in [3.63, 3.8) is 0 Å². The standard InChI is InChI=1S/C24H32N2O2/c1-18(22-6-4-3-5-7-22)25-24(28)19(2)26-16-14-21(15-17-26)9-8-20-10-12-23(27)13-11-20/h3-7,10-13,18-19,21,27H,8-9,14-17H2,1-2H3,(H,25,28)/t18-,19+/m1/s1. The summed E-state index contributed by atoms with van der Waals surface area (Å²) in [6.07, 6.45) is 4.51. The summed E-state index contributed by atoms with van der Waals surface area (Å²) >= 11 is 0. The van der Waals surface area contributed by atoms with Gasteiger partial charge in [0, 0.05) is 0 Å². The monoisotopic (exact) mass is 380 g/mol. The van der Waals surface area contributed by atoms with Crippen LogP contribution in [0.1, 0.15) is 50.3 Å². The third-order valence-electron chi connectivity index (χ3n) is 6.01. The van der Waals surface area contributed by atoms with E-state index in [9.17, 15) is 9.90 Å². The number of likely N-dealkylation sites (tertiary alicyclic amines) is 1. The van der Waals surface area contributed by atoms with Crippen molar-refractivity contribution in [2.45, 2.75) is 51.6 Å². The van der Waals surface area contributed by atoms with E-state index in [0.717, 1.165) is 37.9 Å². The summed E-state index contributed by atoms with van der Waals surface area (Å²) in [6, 6.07) is 17.6. The zero-order chi connectivity index (χ0) is 19.9. The Kier molecular flexibility index (Phi) is 7.10. The van der Waals surface area contributed by atoms with Crippen LogP contribution in [0.4, 0.5) is 0 Å². The number of hydrogen-bond acceptors (Lipinski definition) is 3. The molecule has 0 unspecified atom stereocenters. The summed E-state index contributed by atoms with van der Waals surface area (Å²) in [7, 11) is 0. The highest BCUT2D eigenvalue weighted by Gasteiger charge is 2.27. The molecule has 0 spiro atoms. The molecule has 0 saturated carbocycles. The Morgan fingerprint density at radius 1 is 1.07 bits per heavy atom. The first kappa shape index (κ1) is 20.4. The minimum Gasteiger partial charge on any atom is -0.508 e. The van der Waals surface area contributed by atoms with Gasteiger partial charge in [-0.2, -0.15) is 0 Å². The van der Waals surface area contributed by atoms with Crippen molar-refractivity contribution in [2.75, 3.05) is 13.1 Å². The van der Waals surface area contributed by atoms with Crippen molar-refractivity contribution >= 4 is 5.91 Å². The normalized spacial score (nSPS) is 17.8. The third-order valence-corrected chi connectivity index (χ3v) is 6.01. The lowest BCUT2D eigenvalue weighted by Gasteiger charge is -2.35. The van der Waals surface area contributed by atoms with Gasteiger partial charge in [0.1, 0.15) is 5.75 Å². The van der Waals surface area contributed by atoms with E-state index in [4.69, 9.17) is 0 Å². The highest BCUT2D eigenvalue weighted by Crippen LogP contribution is 2.24. The van der Waals surface area contributed by atoms with E-state index in [-0.39, 0.29) is 18.0 Å². The Bertz CT molecular complexity index is 737. The van der Waals surface area contributed by atoms with Gasteiger partial charge in [0.15, 0.2) is 0 Å². The number of nitrogens with zero attached hydrogens (tertiary/aromatic N) is 1. The number of phenolic OH excluding ortho intramolecular Hbond substituents is 1. The van der Waals surface area contributed by atoms with E-state index in [1.54, 1.807) is 12.1 Å². The van der Waals surface area contributed by atoms with E-state index >= 15 is 0 Å². The minimum atomic E-state index is -0.0933. The number of hydrogen-bond donors (Lipinski definition) is 2. The van der Waals surface area contributed by atoms with Crippen LogP contribution in [0.3, 0.4) is 0 Å². The van der Waals surface area contributed by atoms with Gasteiger partial charge in [-0.25, -0.2) is 0 Å². The summed E-state index contributed by atoms with van der Waals surface area (Å²) in [5, 5.41) is 12.5. The van der Waals surface area contributed by atoms with E-state index < -0.39 is 0 Å². The number of benzene rings is 2. The fourth-order valence-corrected chi connectivity index (χ4v) is 3.99. The average molecular weight is 381 g/mol. The van der Waals surface area contributed by atoms with Crippen molar-refractivity contribution in [1.82, 2.24) is 10.2 Å². The van der Waals surface area contributed by atoms with Gasteiger partial charge in [-0.15, -0.1) is 0 Å². The molecule has 1 saturated heterocycles. The van der Waals surface area contributed by atoms with Gasteiger partial charge in [-0.1, -0.05) is 42.5 Å². The molecule has 0 bridgehead atoms. The number of amides is 1. The highest BCUT2D eigenvalue weighted by atomic mass is 16.3. The molecule has 0 aliphatic carbocycles. The fourth-order valence-electron chi connectivity index (χ4n) is 3.99. The first-order valence-corrected chi connectivity index (χ1v) is 10.4. The number of phenols is 1. The van der Waals surface area contributed by atoms with Crippen LogP contribution >= 0.6 is 0 Å². The molecule has 1 fully saturated rings.